The smallest absolute Gasteiger partial charge is 0.264 e. The summed E-state index contributed by atoms with van der Waals surface area (Å²) in [6.45, 7) is 1.60. The van der Waals surface area contributed by atoms with Crippen LogP contribution >= 0.6 is 12.4 Å². The number of hydrogen-bond donors (Lipinski definition) is 3. The molecule has 128 valence electrons. The number of sulfonamides is 1. The summed E-state index contributed by atoms with van der Waals surface area (Å²) in [7, 11) is -3.71. The van der Waals surface area contributed by atoms with E-state index in [9.17, 15) is 8.42 Å². The number of nitrogens with zero attached hydrogens (tertiary/aromatic N) is 1. The van der Waals surface area contributed by atoms with E-state index in [0.29, 0.717) is 11.4 Å². The molecule has 0 saturated heterocycles. The van der Waals surface area contributed by atoms with Crippen molar-refractivity contribution in [2.75, 3.05) is 11.3 Å². The van der Waals surface area contributed by atoms with E-state index in [1.54, 1.807) is 24.4 Å². The van der Waals surface area contributed by atoms with Crippen molar-refractivity contribution < 1.29 is 13.4 Å². The SMILES string of the molecule is Cl.O=S(=O)(Nc1cccc2c1CCNC2)C1=CC=CN2ONC=C12. The highest BCUT2D eigenvalue weighted by Gasteiger charge is 2.30. The molecule has 3 heterocycles. The summed E-state index contributed by atoms with van der Waals surface area (Å²) in [5.41, 5.74) is 5.81. The summed E-state index contributed by atoms with van der Waals surface area (Å²) in [5, 5.41) is 4.66. The Morgan fingerprint density at radius 2 is 2.17 bits per heavy atom. The number of hydrogen-bond acceptors (Lipinski definition) is 6. The summed E-state index contributed by atoms with van der Waals surface area (Å²) < 4.78 is 28.3. The molecule has 3 N–H and O–H groups in total. The topological polar surface area (TPSA) is 82.7 Å². The molecule has 0 aliphatic carbocycles. The second-order valence-corrected chi connectivity index (χ2v) is 7.06. The Hall–Kier alpha value is -2.00. The number of allylic oxidation sites excluding steroid dienone is 2. The fraction of sp³-hybridized carbons (Fsp3) is 0.200. The van der Waals surface area contributed by atoms with Gasteiger partial charge in [0, 0.05) is 12.7 Å². The summed E-state index contributed by atoms with van der Waals surface area (Å²) in [6.07, 6.45) is 7.13. The van der Waals surface area contributed by atoms with Crippen LogP contribution in [-0.4, -0.2) is 20.0 Å². The highest BCUT2D eigenvalue weighted by atomic mass is 35.5. The molecule has 0 radical (unpaired) electrons. The lowest BCUT2D eigenvalue weighted by Crippen LogP contribution is -2.27. The summed E-state index contributed by atoms with van der Waals surface area (Å²) in [6, 6.07) is 5.68. The maximum absolute atomic E-state index is 12.8. The molecule has 0 atom stereocenters. The van der Waals surface area contributed by atoms with Gasteiger partial charge < -0.3 is 5.32 Å². The number of fused-ring (bicyclic) bond motifs is 2. The standard InChI is InChI=1S/C15H16N4O3S.ClH/c20-23(21,15-5-2-8-19-14(15)10-17-22-19)18-13-4-1-3-11-9-16-7-6-12(11)13;/h1-5,8,10,16-18H,6-7,9H2;1H. The van der Waals surface area contributed by atoms with Crippen LogP contribution in [0, 0.1) is 0 Å². The van der Waals surface area contributed by atoms with Gasteiger partial charge >= 0.3 is 0 Å². The fourth-order valence-electron chi connectivity index (χ4n) is 2.89. The largest absolute Gasteiger partial charge is 0.312 e. The molecule has 4 rings (SSSR count). The molecule has 1 aromatic rings. The molecule has 0 unspecified atom stereocenters. The molecule has 3 aliphatic heterocycles. The molecule has 9 heteroatoms. The summed E-state index contributed by atoms with van der Waals surface area (Å²) in [5.74, 6) is 0. The van der Waals surface area contributed by atoms with Gasteiger partial charge in [-0.1, -0.05) is 12.1 Å². The minimum Gasteiger partial charge on any atom is -0.312 e. The van der Waals surface area contributed by atoms with Crippen LogP contribution in [0.3, 0.4) is 0 Å². The van der Waals surface area contributed by atoms with Crippen molar-refractivity contribution in [1.82, 2.24) is 15.9 Å². The van der Waals surface area contributed by atoms with Crippen LogP contribution in [0.4, 0.5) is 5.69 Å². The van der Waals surface area contributed by atoms with Gasteiger partial charge in [0.15, 0.2) is 0 Å². The summed E-state index contributed by atoms with van der Waals surface area (Å²) >= 11 is 0. The zero-order valence-electron chi connectivity index (χ0n) is 12.7. The van der Waals surface area contributed by atoms with Crippen molar-refractivity contribution in [3.05, 3.63) is 64.5 Å². The Labute approximate surface area is 146 Å². The van der Waals surface area contributed by atoms with Gasteiger partial charge in [0.05, 0.1) is 11.9 Å². The summed E-state index contributed by atoms with van der Waals surface area (Å²) in [4.78, 5) is 5.25. The van der Waals surface area contributed by atoms with Crippen LogP contribution in [-0.2, 0) is 27.9 Å². The molecule has 0 bridgehead atoms. The van der Waals surface area contributed by atoms with Gasteiger partial charge in [-0.25, -0.2) is 19.0 Å². The van der Waals surface area contributed by atoms with E-state index >= 15 is 0 Å². The van der Waals surface area contributed by atoms with E-state index in [4.69, 9.17) is 4.94 Å². The number of rotatable bonds is 3. The van der Waals surface area contributed by atoms with E-state index in [-0.39, 0.29) is 17.3 Å². The molecule has 1 aromatic carbocycles. The van der Waals surface area contributed by atoms with Gasteiger partial charge in [0.25, 0.3) is 10.0 Å². The Bertz CT molecular complexity index is 848. The maximum Gasteiger partial charge on any atom is 0.264 e. The molecule has 7 nitrogen and oxygen atoms in total. The second-order valence-electron chi connectivity index (χ2n) is 5.41. The minimum absolute atomic E-state index is 0. The first-order valence-electron chi connectivity index (χ1n) is 7.30. The van der Waals surface area contributed by atoms with Gasteiger partial charge in [0.2, 0.25) is 0 Å². The average Bonchev–Trinajstić information content (AvgIpc) is 3.03. The second kappa shape index (κ2) is 6.48. The van der Waals surface area contributed by atoms with E-state index in [0.717, 1.165) is 30.6 Å². The Balaban J connectivity index is 0.00000169. The first kappa shape index (κ1) is 16.8. The molecule has 3 aliphatic rings. The fourth-order valence-corrected chi connectivity index (χ4v) is 4.16. The van der Waals surface area contributed by atoms with Gasteiger partial charge in [0.1, 0.15) is 10.6 Å². The van der Waals surface area contributed by atoms with E-state index in [1.165, 1.54) is 11.3 Å². The van der Waals surface area contributed by atoms with Crippen LogP contribution in [0.15, 0.2) is 53.4 Å². The third-order valence-corrected chi connectivity index (χ3v) is 5.39. The maximum atomic E-state index is 12.8. The average molecular weight is 369 g/mol. The first-order valence-corrected chi connectivity index (χ1v) is 8.78. The van der Waals surface area contributed by atoms with E-state index in [1.807, 2.05) is 12.1 Å². The Morgan fingerprint density at radius 3 is 3.04 bits per heavy atom. The molecular weight excluding hydrogens is 352 g/mol. The quantitative estimate of drug-likeness (QED) is 0.750. The monoisotopic (exact) mass is 368 g/mol. The zero-order chi connectivity index (χ0) is 15.9. The van der Waals surface area contributed by atoms with Crippen molar-refractivity contribution in [1.29, 1.82) is 0 Å². The molecule has 0 amide bonds. The molecule has 0 fully saturated rings. The van der Waals surface area contributed by atoms with Crippen LogP contribution in [0.25, 0.3) is 0 Å². The predicted octanol–water partition coefficient (Wildman–Crippen LogP) is 1.50. The first-order chi connectivity index (χ1) is 11.1. The minimum atomic E-state index is -3.71. The lowest BCUT2D eigenvalue weighted by atomic mass is 9.99. The van der Waals surface area contributed by atoms with E-state index < -0.39 is 10.0 Å². The Kier molecular flexibility index (Phi) is 4.55. The lowest BCUT2D eigenvalue weighted by Gasteiger charge is -2.23. The highest BCUT2D eigenvalue weighted by Crippen LogP contribution is 2.30. The molecule has 24 heavy (non-hydrogen) atoms. The van der Waals surface area contributed by atoms with Crippen molar-refractivity contribution in [2.24, 2.45) is 0 Å². The lowest BCUT2D eigenvalue weighted by molar-refractivity contribution is -0.112. The molecule has 0 spiro atoms. The van der Waals surface area contributed by atoms with Crippen LogP contribution in [0.5, 0.6) is 0 Å². The molecular formula is C15H17ClN4O3S. The van der Waals surface area contributed by atoms with Crippen LogP contribution in [0.1, 0.15) is 11.1 Å². The predicted molar refractivity (Wildman–Crippen MR) is 93.0 cm³/mol. The van der Waals surface area contributed by atoms with Gasteiger partial charge in [-0.2, -0.15) is 4.94 Å². The van der Waals surface area contributed by atoms with Crippen molar-refractivity contribution >= 4 is 28.1 Å². The highest BCUT2D eigenvalue weighted by molar-refractivity contribution is 7.96. The van der Waals surface area contributed by atoms with Crippen molar-refractivity contribution in [3.63, 3.8) is 0 Å². The third kappa shape index (κ3) is 2.89. The molecule has 0 aromatic heterocycles. The zero-order valence-corrected chi connectivity index (χ0v) is 14.3. The van der Waals surface area contributed by atoms with Crippen LogP contribution in [0.2, 0.25) is 0 Å². The molecule has 0 saturated carbocycles. The Morgan fingerprint density at radius 1 is 1.29 bits per heavy atom. The number of halogens is 1. The van der Waals surface area contributed by atoms with E-state index in [2.05, 4.69) is 15.5 Å². The van der Waals surface area contributed by atoms with Crippen LogP contribution < -0.4 is 15.5 Å². The number of nitrogens with one attached hydrogen (secondary N) is 3. The van der Waals surface area contributed by atoms with Gasteiger partial charge in [-0.3, -0.25) is 4.72 Å². The normalized spacial score (nSPS) is 18.6. The number of anilines is 1. The number of benzene rings is 1. The van der Waals surface area contributed by atoms with Gasteiger partial charge in [-0.05, 0) is 42.3 Å². The number of hydroxylamine groups is 3. The van der Waals surface area contributed by atoms with Gasteiger partial charge in [-0.15, -0.1) is 12.4 Å². The van der Waals surface area contributed by atoms with Crippen molar-refractivity contribution in [2.45, 2.75) is 13.0 Å². The third-order valence-electron chi connectivity index (χ3n) is 3.98. The van der Waals surface area contributed by atoms with Crippen molar-refractivity contribution in [3.8, 4) is 0 Å².